The van der Waals surface area contributed by atoms with Gasteiger partial charge in [-0.15, -0.1) is 0 Å². The minimum Gasteiger partial charge on any atom is -0.306 e. The second-order valence-electron chi connectivity index (χ2n) is 2.65. The normalized spacial score (nSPS) is 9.60. The van der Waals surface area contributed by atoms with Crippen LogP contribution >= 0.6 is 0 Å². The first-order chi connectivity index (χ1) is 7.34. The van der Waals surface area contributed by atoms with E-state index < -0.39 is 6.03 Å². The number of carbonyl (C=O) groups excluding carboxylic acids is 1. The van der Waals surface area contributed by atoms with Gasteiger partial charge in [-0.3, -0.25) is 10.3 Å². The highest BCUT2D eigenvalue weighted by atomic mass is 16.2. The molecule has 76 valence electrons. The number of hydrogen-bond acceptors (Lipinski definition) is 4. The predicted octanol–water partition coefficient (Wildman–Crippen LogP) is 0.844. The Kier molecular flexibility index (Phi) is 2.54. The molecule has 0 saturated heterocycles. The first-order valence-electron chi connectivity index (χ1n) is 4.18. The van der Waals surface area contributed by atoms with E-state index in [9.17, 15) is 4.79 Å². The van der Waals surface area contributed by atoms with Crippen LogP contribution in [0.15, 0.2) is 30.9 Å². The Morgan fingerprint density at radius 2 is 2.33 bits per heavy atom. The highest BCUT2D eigenvalue weighted by molar-refractivity contribution is 5.98. The maximum absolute atomic E-state index is 11.3. The molecule has 15 heavy (non-hydrogen) atoms. The van der Waals surface area contributed by atoms with E-state index in [1.54, 1.807) is 24.5 Å². The van der Waals surface area contributed by atoms with Gasteiger partial charge >= 0.3 is 6.03 Å². The molecule has 0 radical (unpaired) electrons. The summed E-state index contributed by atoms with van der Waals surface area (Å²) in [4.78, 5) is 18.9. The van der Waals surface area contributed by atoms with E-state index in [2.05, 4.69) is 30.8 Å². The van der Waals surface area contributed by atoms with Gasteiger partial charge in [-0.05, 0) is 12.1 Å². The zero-order valence-corrected chi connectivity index (χ0v) is 7.64. The van der Waals surface area contributed by atoms with E-state index >= 15 is 0 Å². The maximum Gasteiger partial charge on any atom is 0.326 e. The Morgan fingerprint density at radius 1 is 1.40 bits per heavy atom. The minimum atomic E-state index is -0.403. The summed E-state index contributed by atoms with van der Waals surface area (Å²) >= 11 is 0. The summed E-state index contributed by atoms with van der Waals surface area (Å²) in [5.41, 5.74) is 0.606. The second kappa shape index (κ2) is 4.18. The van der Waals surface area contributed by atoms with Crippen molar-refractivity contribution in [2.45, 2.75) is 0 Å². The van der Waals surface area contributed by atoms with Crippen molar-refractivity contribution in [2.24, 2.45) is 0 Å². The van der Waals surface area contributed by atoms with Gasteiger partial charge in [0.1, 0.15) is 6.33 Å². The number of aromatic amines is 1. The third kappa shape index (κ3) is 2.50. The lowest BCUT2D eigenvalue weighted by atomic mass is 10.4. The van der Waals surface area contributed by atoms with Crippen molar-refractivity contribution in [1.82, 2.24) is 20.2 Å². The van der Waals surface area contributed by atoms with Crippen LogP contribution in [0.4, 0.5) is 16.4 Å². The molecule has 2 amide bonds. The molecule has 7 nitrogen and oxygen atoms in total. The molecule has 0 fully saturated rings. The van der Waals surface area contributed by atoms with Gasteiger partial charge in [-0.1, -0.05) is 0 Å². The Hall–Kier alpha value is -2.44. The van der Waals surface area contributed by atoms with Crippen LogP contribution in [0.5, 0.6) is 0 Å². The average Bonchev–Trinajstić information content (AvgIpc) is 2.71. The Bertz CT molecular complexity index is 426. The lowest BCUT2D eigenvalue weighted by molar-refractivity contribution is 0.262. The third-order valence-corrected chi connectivity index (χ3v) is 1.57. The molecule has 0 aliphatic heterocycles. The highest BCUT2D eigenvalue weighted by Crippen LogP contribution is 2.03. The van der Waals surface area contributed by atoms with Crippen molar-refractivity contribution in [3.8, 4) is 0 Å². The standard InChI is InChI=1S/C8H8N6O/c15-8(13-7-10-5-11-14-7)12-6-2-1-3-9-4-6/h1-5H,(H3,10,11,12,13,14,15). The topological polar surface area (TPSA) is 95.6 Å². The van der Waals surface area contributed by atoms with Crippen LogP contribution in [0.3, 0.4) is 0 Å². The summed E-state index contributed by atoms with van der Waals surface area (Å²) in [7, 11) is 0. The molecule has 0 saturated carbocycles. The maximum atomic E-state index is 11.3. The number of aromatic nitrogens is 4. The van der Waals surface area contributed by atoms with Crippen molar-refractivity contribution in [3.63, 3.8) is 0 Å². The number of carbonyl (C=O) groups is 1. The zero-order valence-electron chi connectivity index (χ0n) is 7.64. The van der Waals surface area contributed by atoms with Crippen molar-refractivity contribution < 1.29 is 4.79 Å². The predicted molar refractivity (Wildman–Crippen MR) is 53.3 cm³/mol. The summed E-state index contributed by atoms with van der Waals surface area (Å²) < 4.78 is 0. The first kappa shape index (κ1) is 9.13. The molecule has 0 spiro atoms. The molecule has 0 bridgehead atoms. The van der Waals surface area contributed by atoms with Crippen LogP contribution < -0.4 is 10.6 Å². The van der Waals surface area contributed by atoms with E-state index in [1.165, 1.54) is 6.33 Å². The molecule has 2 aromatic rings. The number of hydrogen-bond donors (Lipinski definition) is 3. The number of anilines is 2. The Labute approximate surface area is 85.0 Å². The molecule has 2 heterocycles. The summed E-state index contributed by atoms with van der Waals surface area (Å²) in [6.07, 6.45) is 4.47. The average molecular weight is 204 g/mol. The zero-order chi connectivity index (χ0) is 10.5. The number of urea groups is 1. The summed E-state index contributed by atoms with van der Waals surface area (Å²) in [5, 5.41) is 11.1. The lowest BCUT2D eigenvalue weighted by Crippen LogP contribution is -2.20. The van der Waals surface area contributed by atoms with Crippen molar-refractivity contribution in [3.05, 3.63) is 30.9 Å². The number of H-pyrrole nitrogens is 1. The highest BCUT2D eigenvalue weighted by Gasteiger charge is 2.03. The molecule has 3 N–H and O–H groups in total. The Morgan fingerprint density at radius 3 is 3.00 bits per heavy atom. The summed E-state index contributed by atoms with van der Waals surface area (Å²) in [6, 6.07) is 3.05. The second-order valence-corrected chi connectivity index (χ2v) is 2.65. The fourth-order valence-corrected chi connectivity index (χ4v) is 0.972. The van der Waals surface area contributed by atoms with Gasteiger partial charge < -0.3 is 5.32 Å². The number of pyridine rings is 1. The van der Waals surface area contributed by atoms with Crippen LogP contribution in [-0.2, 0) is 0 Å². The molecule has 2 rings (SSSR count). The number of rotatable bonds is 2. The van der Waals surface area contributed by atoms with Gasteiger partial charge in [0.25, 0.3) is 0 Å². The molecule has 0 atom stereocenters. The minimum absolute atomic E-state index is 0.288. The monoisotopic (exact) mass is 204 g/mol. The van der Waals surface area contributed by atoms with Crippen molar-refractivity contribution >= 4 is 17.7 Å². The lowest BCUT2D eigenvalue weighted by Gasteiger charge is -2.03. The van der Waals surface area contributed by atoms with Gasteiger partial charge in [0.15, 0.2) is 0 Å². The van der Waals surface area contributed by atoms with Gasteiger partial charge in [0.2, 0.25) is 5.95 Å². The SMILES string of the molecule is O=C(Nc1cccnc1)Nc1ncn[nH]1. The van der Waals surface area contributed by atoms with Crippen molar-refractivity contribution in [2.75, 3.05) is 10.6 Å². The van der Waals surface area contributed by atoms with Crippen LogP contribution in [0.1, 0.15) is 0 Å². The number of nitrogens with zero attached hydrogens (tertiary/aromatic N) is 3. The molecule has 0 aliphatic rings. The molecule has 2 aromatic heterocycles. The number of nitrogens with one attached hydrogen (secondary N) is 3. The van der Waals surface area contributed by atoms with Crippen LogP contribution in [0.25, 0.3) is 0 Å². The van der Waals surface area contributed by atoms with E-state index in [1.807, 2.05) is 0 Å². The fourth-order valence-electron chi connectivity index (χ4n) is 0.972. The van der Waals surface area contributed by atoms with Gasteiger partial charge in [-0.2, -0.15) is 10.1 Å². The molecule has 0 aliphatic carbocycles. The van der Waals surface area contributed by atoms with Gasteiger partial charge in [0.05, 0.1) is 11.9 Å². The molecule has 0 unspecified atom stereocenters. The van der Waals surface area contributed by atoms with E-state index in [0.717, 1.165) is 0 Å². The third-order valence-electron chi connectivity index (χ3n) is 1.57. The van der Waals surface area contributed by atoms with Crippen LogP contribution in [0.2, 0.25) is 0 Å². The largest absolute Gasteiger partial charge is 0.326 e. The summed E-state index contributed by atoms with van der Waals surface area (Å²) in [6.45, 7) is 0. The molecular weight excluding hydrogens is 196 g/mol. The molecular formula is C8H8N6O. The quantitative estimate of drug-likeness (QED) is 0.675. The molecule has 7 heteroatoms. The smallest absolute Gasteiger partial charge is 0.306 e. The Balaban J connectivity index is 1.94. The van der Waals surface area contributed by atoms with Crippen molar-refractivity contribution in [1.29, 1.82) is 0 Å². The van der Waals surface area contributed by atoms with Gasteiger partial charge in [-0.25, -0.2) is 9.89 Å². The number of amides is 2. The van der Waals surface area contributed by atoms with E-state index in [-0.39, 0.29) is 5.95 Å². The fraction of sp³-hybridized carbons (Fsp3) is 0. The van der Waals surface area contributed by atoms with E-state index in [4.69, 9.17) is 0 Å². The van der Waals surface area contributed by atoms with Crippen LogP contribution in [-0.4, -0.2) is 26.2 Å². The summed E-state index contributed by atoms with van der Waals surface area (Å²) in [5.74, 6) is 0.288. The van der Waals surface area contributed by atoms with Gasteiger partial charge in [0, 0.05) is 6.20 Å². The van der Waals surface area contributed by atoms with Crippen LogP contribution in [0, 0.1) is 0 Å². The van der Waals surface area contributed by atoms with E-state index in [0.29, 0.717) is 5.69 Å². The first-order valence-corrected chi connectivity index (χ1v) is 4.18. The molecule has 0 aromatic carbocycles.